The number of hydrogen-bond acceptors (Lipinski definition) is 4. The smallest absolute Gasteiger partial charge is 0.225 e. The van der Waals surface area contributed by atoms with Gasteiger partial charge < -0.3 is 10.6 Å². The first kappa shape index (κ1) is 15.9. The van der Waals surface area contributed by atoms with Gasteiger partial charge in [0, 0.05) is 18.2 Å². The lowest BCUT2D eigenvalue weighted by Crippen LogP contribution is -2.06. The van der Waals surface area contributed by atoms with E-state index in [9.17, 15) is 8.78 Å². The zero-order chi connectivity index (χ0) is 16.9. The number of hydrogen-bond donors (Lipinski definition) is 2. The Balaban J connectivity index is 2.00. The average molecular weight is 326 g/mol. The molecular formula is C18H16F2N4. The number of benzene rings is 2. The molecule has 0 spiro atoms. The van der Waals surface area contributed by atoms with Gasteiger partial charge in [0.05, 0.1) is 11.4 Å². The molecule has 24 heavy (non-hydrogen) atoms. The van der Waals surface area contributed by atoms with Gasteiger partial charge in [-0.1, -0.05) is 36.4 Å². The molecule has 4 nitrogen and oxygen atoms in total. The Hall–Kier alpha value is -3.02. The molecule has 3 aromatic rings. The molecule has 6 heteroatoms. The summed E-state index contributed by atoms with van der Waals surface area (Å²) in [6.45, 7) is 2.57. The molecule has 0 saturated heterocycles. The quantitative estimate of drug-likeness (QED) is 0.719. The minimum Gasteiger partial charge on any atom is -0.354 e. The molecule has 0 aliphatic heterocycles. The maximum absolute atomic E-state index is 13.9. The lowest BCUT2D eigenvalue weighted by molar-refractivity contribution is 0.511. The highest BCUT2D eigenvalue weighted by molar-refractivity contribution is 5.67. The molecule has 122 valence electrons. The third-order valence-electron chi connectivity index (χ3n) is 3.34. The van der Waals surface area contributed by atoms with Crippen molar-refractivity contribution < 1.29 is 8.78 Å². The fraction of sp³-hybridized carbons (Fsp3) is 0.111. The number of nitrogens with one attached hydrogen (secondary N) is 2. The summed E-state index contributed by atoms with van der Waals surface area (Å²) in [5.41, 5.74) is 1.61. The molecule has 0 aliphatic rings. The van der Waals surface area contributed by atoms with Crippen LogP contribution in [-0.4, -0.2) is 16.5 Å². The molecule has 0 aliphatic carbocycles. The molecular weight excluding hydrogens is 310 g/mol. The normalized spacial score (nSPS) is 10.5. The lowest BCUT2D eigenvalue weighted by Gasteiger charge is -2.11. The predicted octanol–water partition coefficient (Wildman–Crippen LogP) is 4.60. The van der Waals surface area contributed by atoms with Crippen LogP contribution in [0.4, 0.5) is 26.2 Å². The molecule has 2 N–H and O–H groups in total. The number of halogens is 2. The van der Waals surface area contributed by atoms with E-state index in [0.29, 0.717) is 24.0 Å². The van der Waals surface area contributed by atoms with Crippen molar-refractivity contribution in [1.29, 1.82) is 0 Å². The van der Waals surface area contributed by atoms with Crippen molar-refractivity contribution in [2.75, 3.05) is 17.2 Å². The van der Waals surface area contributed by atoms with Crippen LogP contribution >= 0.6 is 0 Å². The zero-order valence-corrected chi connectivity index (χ0v) is 13.1. The van der Waals surface area contributed by atoms with E-state index < -0.39 is 11.6 Å². The van der Waals surface area contributed by atoms with Gasteiger partial charge in [-0.05, 0) is 19.1 Å². The van der Waals surface area contributed by atoms with E-state index in [1.54, 1.807) is 6.07 Å². The molecule has 0 saturated carbocycles. The van der Waals surface area contributed by atoms with Gasteiger partial charge in [0.2, 0.25) is 5.95 Å². The molecule has 0 amide bonds. The first-order valence-corrected chi connectivity index (χ1v) is 7.57. The van der Waals surface area contributed by atoms with Crippen molar-refractivity contribution in [2.24, 2.45) is 0 Å². The fourth-order valence-corrected chi connectivity index (χ4v) is 2.24. The summed E-state index contributed by atoms with van der Waals surface area (Å²) in [4.78, 5) is 8.74. The van der Waals surface area contributed by atoms with Crippen LogP contribution in [0.15, 0.2) is 54.6 Å². The van der Waals surface area contributed by atoms with Crippen LogP contribution in [-0.2, 0) is 0 Å². The summed E-state index contributed by atoms with van der Waals surface area (Å²) in [5, 5.41) is 5.86. The van der Waals surface area contributed by atoms with Crippen molar-refractivity contribution in [3.05, 3.63) is 66.2 Å². The molecule has 0 radical (unpaired) electrons. The summed E-state index contributed by atoms with van der Waals surface area (Å²) in [7, 11) is 0. The summed E-state index contributed by atoms with van der Waals surface area (Å²) in [6, 6.07) is 15.2. The second-order valence-corrected chi connectivity index (χ2v) is 5.08. The molecule has 1 heterocycles. The van der Waals surface area contributed by atoms with E-state index in [4.69, 9.17) is 0 Å². The fourth-order valence-electron chi connectivity index (χ4n) is 2.24. The zero-order valence-electron chi connectivity index (χ0n) is 13.1. The number of rotatable bonds is 5. The average Bonchev–Trinajstić information content (AvgIpc) is 2.60. The number of anilines is 3. The van der Waals surface area contributed by atoms with Gasteiger partial charge in [0.25, 0.3) is 0 Å². The molecule has 0 fully saturated rings. The SMILES string of the molecule is CCNc1nc(Nc2cccc(F)c2F)cc(-c2ccccc2)n1. The van der Waals surface area contributed by atoms with Crippen LogP contribution in [0.25, 0.3) is 11.3 Å². The largest absolute Gasteiger partial charge is 0.354 e. The second-order valence-electron chi connectivity index (χ2n) is 5.08. The van der Waals surface area contributed by atoms with Crippen LogP contribution in [0, 0.1) is 11.6 Å². The van der Waals surface area contributed by atoms with Gasteiger partial charge in [-0.3, -0.25) is 0 Å². The molecule has 0 bridgehead atoms. The van der Waals surface area contributed by atoms with E-state index in [-0.39, 0.29) is 5.69 Å². The van der Waals surface area contributed by atoms with Gasteiger partial charge >= 0.3 is 0 Å². The third-order valence-corrected chi connectivity index (χ3v) is 3.34. The minimum absolute atomic E-state index is 0.0233. The Labute approximate surface area is 138 Å². The maximum Gasteiger partial charge on any atom is 0.225 e. The van der Waals surface area contributed by atoms with Crippen molar-refractivity contribution in [3.63, 3.8) is 0 Å². The van der Waals surface area contributed by atoms with Gasteiger partial charge in [-0.25, -0.2) is 13.8 Å². The van der Waals surface area contributed by atoms with Crippen LogP contribution in [0.3, 0.4) is 0 Å². The van der Waals surface area contributed by atoms with Crippen molar-refractivity contribution in [1.82, 2.24) is 9.97 Å². The standard InChI is InChI=1S/C18H16F2N4/c1-2-21-18-23-15(12-7-4-3-5-8-12)11-16(24-18)22-14-10-6-9-13(19)17(14)20/h3-11H,2H2,1H3,(H2,21,22,23,24). The first-order chi connectivity index (χ1) is 11.7. The highest BCUT2D eigenvalue weighted by Crippen LogP contribution is 2.25. The lowest BCUT2D eigenvalue weighted by atomic mass is 10.1. The van der Waals surface area contributed by atoms with Crippen molar-refractivity contribution in [2.45, 2.75) is 6.92 Å². The Morgan fingerprint density at radius 3 is 2.50 bits per heavy atom. The summed E-state index contributed by atoms with van der Waals surface area (Å²) >= 11 is 0. The van der Waals surface area contributed by atoms with Crippen LogP contribution < -0.4 is 10.6 Å². The van der Waals surface area contributed by atoms with E-state index in [0.717, 1.165) is 11.6 Å². The van der Waals surface area contributed by atoms with Gasteiger partial charge in [0.15, 0.2) is 11.6 Å². The minimum atomic E-state index is -0.942. The Morgan fingerprint density at radius 2 is 1.75 bits per heavy atom. The Morgan fingerprint density at radius 1 is 0.958 bits per heavy atom. The summed E-state index contributed by atoms with van der Waals surface area (Å²) < 4.78 is 27.2. The van der Waals surface area contributed by atoms with E-state index in [1.807, 2.05) is 37.3 Å². The monoisotopic (exact) mass is 326 g/mol. The van der Waals surface area contributed by atoms with E-state index in [1.165, 1.54) is 12.1 Å². The van der Waals surface area contributed by atoms with Crippen LogP contribution in [0.2, 0.25) is 0 Å². The Bertz CT molecular complexity index is 838. The topological polar surface area (TPSA) is 49.8 Å². The molecule has 1 aromatic heterocycles. The van der Waals surface area contributed by atoms with Crippen LogP contribution in [0.1, 0.15) is 6.92 Å². The van der Waals surface area contributed by atoms with E-state index >= 15 is 0 Å². The van der Waals surface area contributed by atoms with Crippen molar-refractivity contribution in [3.8, 4) is 11.3 Å². The maximum atomic E-state index is 13.9. The molecule has 2 aromatic carbocycles. The summed E-state index contributed by atoms with van der Waals surface area (Å²) in [6.07, 6.45) is 0. The molecule has 3 rings (SSSR count). The van der Waals surface area contributed by atoms with E-state index in [2.05, 4.69) is 20.6 Å². The Kier molecular flexibility index (Phi) is 4.65. The second kappa shape index (κ2) is 7.04. The third kappa shape index (κ3) is 3.48. The van der Waals surface area contributed by atoms with Crippen LogP contribution in [0.5, 0.6) is 0 Å². The highest BCUT2D eigenvalue weighted by atomic mass is 19.2. The number of aromatic nitrogens is 2. The van der Waals surface area contributed by atoms with Gasteiger partial charge in [0.1, 0.15) is 5.82 Å². The number of nitrogens with zero attached hydrogens (tertiary/aromatic N) is 2. The molecule has 0 unspecified atom stereocenters. The van der Waals surface area contributed by atoms with Gasteiger partial charge in [-0.2, -0.15) is 4.98 Å². The van der Waals surface area contributed by atoms with Gasteiger partial charge in [-0.15, -0.1) is 0 Å². The predicted molar refractivity (Wildman–Crippen MR) is 91.3 cm³/mol. The summed E-state index contributed by atoms with van der Waals surface area (Å²) in [5.74, 6) is -1.06. The first-order valence-electron chi connectivity index (χ1n) is 7.57. The van der Waals surface area contributed by atoms with Crippen molar-refractivity contribution >= 4 is 17.5 Å². The highest BCUT2D eigenvalue weighted by Gasteiger charge is 2.11. The molecule has 0 atom stereocenters.